The van der Waals surface area contributed by atoms with E-state index in [0.717, 1.165) is 36.4 Å². The maximum atomic E-state index is 5.72. The second-order valence-electron chi connectivity index (χ2n) is 4.90. The number of hydrogen-bond donors (Lipinski definition) is 1. The normalized spacial score (nSPS) is 12.0. The minimum atomic E-state index is 0.510. The molecule has 1 unspecified atom stereocenters. The lowest BCUT2D eigenvalue weighted by Crippen LogP contribution is -2.24. The third-order valence-corrected chi connectivity index (χ3v) is 3.33. The van der Waals surface area contributed by atoms with Gasteiger partial charge in [0.25, 0.3) is 0 Å². The van der Waals surface area contributed by atoms with Gasteiger partial charge in [-0.1, -0.05) is 19.1 Å². The maximum Gasteiger partial charge on any atom is 0.164 e. The van der Waals surface area contributed by atoms with E-state index in [1.54, 1.807) is 7.11 Å². The van der Waals surface area contributed by atoms with Crippen molar-refractivity contribution in [2.45, 2.75) is 46.2 Å². The van der Waals surface area contributed by atoms with Crippen molar-refractivity contribution in [2.75, 3.05) is 13.7 Å². The van der Waals surface area contributed by atoms with Gasteiger partial charge in [0, 0.05) is 18.2 Å². The van der Waals surface area contributed by atoms with Gasteiger partial charge in [0.15, 0.2) is 11.5 Å². The monoisotopic (exact) mass is 277 g/mol. The summed E-state index contributed by atoms with van der Waals surface area (Å²) in [5.41, 5.74) is 2.34. The van der Waals surface area contributed by atoms with Crippen LogP contribution in [0.3, 0.4) is 0 Å². The molecule has 0 spiro atoms. The molecular formula is C17H27NO2. The molecule has 1 N–H and O–H groups in total. The molecule has 1 aromatic rings. The molecule has 1 atom stereocenters. The van der Waals surface area contributed by atoms with Crippen LogP contribution in [0.25, 0.3) is 0 Å². The van der Waals surface area contributed by atoms with E-state index in [-0.39, 0.29) is 0 Å². The highest BCUT2D eigenvalue weighted by Gasteiger charge is 2.12. The maximum absolute atomic E-state index is 5.72. The zero-order valence-electron chi connectivity index (χ0n) is 13.2. The molecular weight excluding hydrogens is 250 g/mol. The van der Waals surface area contributed by atoms with E-state index < -0.39 is 0 Å². The lowest BCUT2D eigenvalue weighted by molar-refractivity contribution is 0.308. The lowest BCUT2D eigenvalue weighted by atomic mass is 10.0. The van der Waals surface area contributed by atoms with Crippen LogP contribution in [0.15, 0.2) is 24.8 Å². The van der Waals surface area contributed by atoms with Crippen molar-refractivity contribution in [1.29, 1.82) is 0 Å². The van der Waals surface area contributed by atoms with Gasteiger partial charge in [-0.15, -0.1) is 6.58 Å². The van der Waals surface area contributed by atoms with Crippen molar-refractivity contribution < 1.29 is 9.47 Å². The molecule has 0 heterocycles. The van der Waals surface area contributed by atoms with Crippen molar-refractivity contribution in [2.24, 2.45) is 0 Å². The highest BCUT2D eigenvalue weighted by atomic mass is 16.5. The van der Waals surface area contributed by atoms with Crippen molar-refractivity contribution in [3.8, 4) is 11.5 Å². The molecule has 0 saturated heterocycles. The molecule has 0 fully saturated rings. The van der Waals surface area contributed by atoms with Crippen molar-refractivity contribution in [3.63, 3.8) is 0 Å². The van der Waals surface area contributed by atoms with Crippen molar-refractivity contribution in [1.82, 2.24) is 5.32 Å². The topological polar surface area (TPSA) is 30.5 Å². The summed E-state index contributed by atoms with van der Waals surface area (Å²) in [7, 11) is 1.68. The molecule has 0 radical (unpaired) electrons. The number of hydrogen-bond acceptors (Lipinski definition) is 3. The molecule has 1 aromatic carbocycles. The summed E-state index contributed by atoms with van der Waals surface area (Å²) in [5, 5.41) is 3.50. The highest BCUT2D eigenvalue weighted by Crippen LogP contribution is 2.33. The molecule has 3 nitrogen and oxygen atoms in total. The van der Waals surface area contributed by atoms with Gasteiger partial charge in [-0.2, -0.15) is 0 Å². The number of nitrogens with one attached hydrogen (secondary N) is 1. The summed E-state index contributed by atoms with van der Waals surface area (Å²) >= 11 is 0. The fraction of sp³-hybridized carbons (Fsp3) is 0.529. The van der Waals surface area contributed by atoms with E-state index >= 15 is 0 Å². The zero-order valence-corrected chi connectivity index (χ0v) is 13.2. The van der Waals surface area contributed by atoms with Gasteiger partial charge in [-0.25, -0.2) is 0 Å². The summed E-state index contributed by atoms with van der Waals surface area (Å²) in [4.78, 5) is 0. The first-order chi connectivity index (χ1) is 9.65. The average molecular weight is 277 g/mol. The SMILES string of the molecule is C=CCc1cc(CNC(C)CC)cc(OC)c1OCC. The van der Waals surface area contributed by atoms with Gasteiger partial charge in [0.05, 0.1) is 13.7 Å². The van der Waals surface area contributed by atoms with E-state index in [2.05, 4.69) is 31.8 Å². The Labute approximate surface area is 123 Å². The van der Waals surface area contributed by atoms with Gasteiger partial charge in [0.1, 0.15) is 0 Å². The van der Waals surface area contributed by atoms with Crippen LogP contribution < -0.4 is 14.8 Å². The van der Waals surface area contributed by atoms with Crippen molar-refractivity contribution in [3.05, 3.63) is 35.9 Å². The Bertz CT molecular complexity index is 429. The Kier molecular flexibility index (Phi) is 7.16. The quantitative estimate of drug-likeness (QED) is 0.698. The molecule has 20 heavy (non-hydrogen) atoms. The van der Waals surface area contributed by atoms with Crippen LogP contribution in [0.1, 0.15) is 38.3 Å². The number of benzene rings is 1. The summed E-state index contributed by atoms with van der Waals surface area (Å²) in [6, 6.07) is 4.73. The van der Waals surface area contributed by atoms with Gasteiger partial charge < -0.3 is 14.8 Å². The van der Waals surface area contributed by atoms with Crippen LogP contribution >= 0.6 is 0 Å². The van der Waals surface area contributed by atoms with Crippen LogP contribution in [0.4, 0.5) is 0 Å². The summed E-state index contributed by atoms with van der Waals surface area (Å²) < 4.78 is 11.2. The predicted octanol–water partition coefficient (Wildman–Crippen LogP) is 3.71. The molecule has 0 bridgehead atoms. The number of allylic oxidation sites excluding steroid dienone is 1. The van der Waals surface area contributed by atoms with Gasteiger partial charge in [0.2, 0.25) is 0 Å². The van der Waals surface area contributed by atoms with E-state index in [0.29, 0.717) is 12.6 Å². The number of rotatable bonds is 9. The molecule has 0 aliphatic carbocycles. The first kappa shape index (κ1) is 16.6. The molecule has 112 valence electrons. The predicted molar refractivity (Wildman–Crippen MR) is 84.7 cm³/mol. The van der Waals surface area contributed by atoms with Crippen LogP contribution in [-0.4, -0.2) is 19.8 Å². The molecule has 0 saturated carbocycles. The zero-order chi connectivity index (χ0) is 15.0. The Morgan fingerprint density at radius 3 is 2.65 bits per heavy atom. The minimum Gasteiger partial charge on any atom is -0.493 e. The largest absolute Gasteiger partial charge is 0.493 e. The second-order valence-corrected chi connectivity index (χ2v) is 4.90. The van der Waals surface area contributed by atoms with E-state index in [9.17, 15) is 0 Å². The van der Waals surface area contributed by atoms with Crippen molar-refractivity contribution >= 4 is 0 Å². The molecule has 0 amide bonds. The summed E-state index contributed by atoms with van der Waals surface area (Å²) in [5.74, 6) is 1.63. The van der Waals surface area contributed by atoms with E-state index in [1.807, 2.05) is 19.1 Å². The third kappa shape index (κ3) is 4.57. The van der Waals surface area contributed by atoms with Crippen LogP contribution in [0, 0.1) is 0 Å². The van der Waals surface area contributed by atoms with Gasteiger partial charge in [-0.05, 0) is 38.3 Å². The fourth-order valence-corrected chi connectivity index (χ4v) is 2.03. The Morgan fingerprint density at radius 2 is 2.10 bits per heavy atom. The second kappa shape index (κ2) is 8.64. The number of methoxy groups -OCH3 is 1. The average Bonchev–Trinajstić information content (AvgIpc) is 2.47. The van der Waals surface area contributed by atoms with Gasteiger partial charge in [-0.3, -0.25) is 0 Å². The molecule has 0 aromatic heterocycles. The molecule has 3 heteroatoms. The highest BCUT2D eigenvalue weighted by molar-refractivity contribution is 5.50. The fourth-order valence-electron chi connectivity index (χ4n) is 2.03. The van der Waals surface area contributed by atoms with Crippen LogP contribution in [-0.2, 0) is 13.0 Å². The molecule has 0 aliphatic rings. The van der Waals surface area contributed by atoms with Crippen LogP contribution in [0.5, 0.6) is 11.5 Å². The van der Waals surface area contributed by atoms with E-state index in [4.69, 9.17) is 9.47 Å². The van der Waals surface area contributed by atoms with E-state index in [1.165, 1.54) is 5.56 Å². The molecule has 0 aliphatic heterocycles. The van der Waals surface area contributed by atoms with Gasteiger partial charge >= 0.3 is 0 Å². The first-order valence-corrected chi connectivity index (χ1v) is 7.33. The first-order valence-electron chi connectivity index (χ1n) is 7.33. The number of ether oxygens (including phenoxy) is 2. The van der Waals surface area contributed by atoms with Crippen LogP contribution in [0.2, 0.25) is 0 Å². The summed E-state index contributed by atoms with van der Waals surface area (Å²) in [6.45, 7) is 11.6. The Balaban J connectivity index is 3.02. The molecule has 1 rings (SSSR count). The Hall–Kier alpha value is -1.48. The minimum absolute atomic E-state index is 0.510. The smallest absolute Gasteiger partial charge is 0.164 e. The Morgan fingerprint density at radius 1 is 1.35 bits per heavy atom. The standard InChI is InChI=1S/C17H27NO2/c1-6-9-15-10-14(12-18-13(4)7-2)11-16(19-5)17(15)20-8-3/h6,10-11,13,18H,1,7-9,12H2,2-5H3. The lowest BCUT2D eigenvalue weighted by Gasteiger charge is -2.17. The third-order valence-electron chi connectivity index (χ3n) is 3.33. The summed E-state index contributed by atoms with van der Waals surface area (Å²) in [6.07, 6.45) is 3.79.